The van der Waals surface area contributed by atoms with Crippen molar-refractivity contribution >= 4 is 27.0 Å². The van der Waals surface area contributed by atoms with Gasteiger partial charge in [-0.15, -0.1) is 11.3 Å². The van der Waals surface area contributed by atoms with Gasteiger partial charge in [-0.05, 0) is 36.4 Å². The molecule has 0 bridgehead atoms. The second-order valence-electron chi connectivity index (χ2n) is 3.33. The second kappa shape index (κ2) is 3.00. The molecule has 1 heteroatoms. The SMILES string of the molecule is C=C(C)c1sc2ccccc2c1C. The van der Waals surface area contributed by atoms with Crippen molar-refractivity contribution in [2.45, 2.75) is 13.8 Å². The molecule has 0 saturated carbocycles. The van der Waals surface area contributed by atoms with Crippen LogP contribution in [0.5, 0.6) is 0 Å². The number of benzene rings is 1. The molecule has 0 aliphatic rings. The Morgan fingerprint density at radius 3 is 2.62 bits per heavy atom. The van der Waals surface area contributed by atoms with Crippen LogP contribution in [0.1, 0.15) is 17.4 Å². The Morgan fingerprint density at radius 2 is 2.00 bits per heavy atom. The van der Waals surface area contributed by atoms with Gasteiger partial charge < -0.3 is 0 Å². The van der Waals surface area contributed by atoms with Gasteiger partial charge in [0.25, 0.3) is 0 Å². The maximum absolute atomic E-state index is 3.99. The van der Waals surface area contributed by atoms with Gasteiger partial charge in [0.1, 0.15) is 0 Å². The summed E-state index contributed by atoms with van der Waals surface area (Å²) in [5, 5.41) is 1.37. The predicted octanol–water partition coefficient (Wildman–Crippen LogP) is 4.24. The molecule has 0 unspecified atom stereocenters. The third-order valence-electron chi connectivity index (χ3n) is 2.23. The Labute approximate surface area is 82.5 Å². The molecule has 66 valence electrons. The summed E-state index contributed by atoms with van der Waals surface area (Å²) < 4.78 is 1.36. The lowest BCUT2D eigenvalue weighted by atomic mass is 10.1. The highest BCUT2D eigenvalue weighted by atomic mass is 32.1. The molecule has 13 heavy (non-hydrogen) atoms. The molecule has 0 amide bonds. The van der Waals surface area contributed by atoms with Crippen LogP contribution in [-0.4, -0.2) is 0 Å². The van der Waals surface area contributed by atoms with E-state index in [1.165, 1.54) is 26.1 Å². The second-order valence-corrected chi connectivity index (χ2v) is 4.38. The average Bonchev–Trinajstić information content (AvgIpc) is 2.45. The van der Waals surface area contributed by atoms with Crippen molar-refractivity contribution in [3.63, 3.8) is 0 Å². The molecule has 0 aliphatic heterocycles. The molecule has 1 aromatic heterocycles. The van der Waals surface area contributed by atoms with Gasteiger partial charge in [0, 0.05) is 9.58 Å². The van der Waals surface area contributed by atoms with E-state index in [-0.39, 0.29) is 0 Å². The summed E-state index contributed by atoms with van der Waals surface area (Å²) in [4.78, 5) is 1.33. The molecule has 2 rings (SSSR count). The summed E-state index contributed by atoms with van der Waals surface area (Å²) >= 11 is 1.83. The first-order valence-electron chi connectivity index (χ1n) is 4.34. The van der Waals surface area contributed by atoms with Crippen molar-refractivity contribution in [1.82, 2.24) is 0 Å². The molecule has 0 spiro atoms. The van der Waals surface area contributed by atoms with E-state index >= 15 is 0 Å². The topological polar surface area (TPSA) is 0 Å². The smallest absolute Gasteiger partial charge is 0.0352 e. The normalized spacial score (nSPS) is 10.6. The zero-order valence-corrected chi connectivity index (χ0v) is 8.74. The molecule has 0 radical (unpaired) electrons. The van der Waals surface area contributed by atoms with Crippen molar-refractivity contribution in [3.8, 4) is 0 Å². The van der Waals surface area contributed by atoms with Gasteiger partial charge in [-0.25, -0.2) is 0 Å². The van der Waals surface area contributed by atoms with E-state index in [0.29, 0.717) is 0 Å². The van der Waals surface area contributed by atoms with Crippen molar-refractivity contribution in [3.05, 3.63) is 41.3 Å². The number of fused-ring (bicyclic) bond motifs is 1. The largest absolute Gasteiger partial charge is 0.135 e. The molecule has 1 aromatic carbocycles. The fourth-order valence-electron chi connectivity index (χ4n) is 1.58. The predicted molar refractivity (Wildman–Crippen MR) is 61.3 cm³/mol. The van der Waals surface area contributed by atoms with E-state index in [1.807, 2.05) is 11.3 Å². The fourth-order valence-corrected chi connectivity index (χ4v) is 2.72. The van der Waals surface area contributed by atoms with Crippen LogP contribution >= 0.6 is 11.3 Å². The van der Waals surface area contributed by atoms with Gasteiger partial charge in [0.2, 0.25) is 0 Å². The van der Waals surface area contributed by atoms with Gasteiger partial charge in [0.15, 0.2) is 0 Å². The molecule has 0 nitrogen and oxygen atoms in total. The van der Waals surface area contributed by atoms with Crippen LogP contribution in [0.3, 0.4) is 0 Å². The minimum absolute atomic E-state index is 1.17. The zero-order valence-electron chi connectivity index (χ0n) is 7.92. The lowest BCUT2D eigenvalue weighted by Gasteiger charge is -1.94. The summed E-state index contributed by atoms with van der Waals surface area (Å²) in [5.41, 5.74) is 2.53. The Morgan fingerprint density at radius 1 is 1.31 bits per heavy atom. The first-order valence-corrected chi connectivity index (χ1v) is 5.16. The summed E-state index contributed by atoms with van der Waals surface area (Å²) in [6.45, 7) is 8.23. The van der Waals surface area contributed by atoms with Gasteiger partial charge in [-0.3, -0.25) is 0 Å². The van der Waals surface area contributed by atoms with Gasteiger partial charge in [-0.2, -0.15) is 0 Å². The van der Waals surface area contributed by atoms with Crippen LogP contribution < -0.4 is 0 Å². The molecule has 2 aromatic rings. The van der Waals surface area contributed by atoms with Crippen molar-refractivity contribution in [2.24, 2.45) is 0 Å². The number of thiophene rings is 1. The van der Waals surface area contributed by atoms with Gasteiger partial charge in [0.05, 0.1) is 0 Å². The molecule has 0 N–H and O–H groups in total. The van der Waals surface area contributed by atoms with E-state index in [1.54, 1.807) is 0 Å². The minimum atomic E-state index is 1.17. The van der Waals surface area contributed by atoms with Crippen LogP contribution in [0.25, 0.3) is 15.7 Å². The van der Waals surface area contributed by atoms with Crippen LogP contribution in [0.4, 0.5) is 0 Å². The fraction of sp³-hybridized carbons (Fsp3) is 0.167. The lowest BCUT2D eigenvalue weighted by molar-refractivity contribution is 1.54. The number of aryl methyl sites for hydroxylation is 1. The molecule has 0 fully saturated rings. The monoisotopic (exact) mass is 188 g/mol. The van der Waals surface area contributed by atoms with E-state index in [4.69, 9.17) is 0 Å². The summed E-state index contributed by atoms with van der Waals surface area (Å²) in [7, 11) is 0. The van der Waals surface area contributed by atoms with E-state index in [2.05, 4.69) is 44.7 Å². The molecular weight excluding hydrogens is 176 g/mol. The standard InChI is InChI=1S/C12H12S/c1-8(2)12-9(3)10-6-4-5-7-11(10)13-12/h4-7H,1H2,2-3H3. The minimum Gasteiger partial charge on any atom is -0.135 e. The summed E-state index contributed by atoms with van der Waals surface area (Å²) in [6, 6.07) is 8.51. The lowest BCUT2D eigenvalue weighted by Crippen LogP contribution is -1.74. The van der Waals surface area contributed by atoms with Crippen LogP contribution in [0.2, 0.25) is 0 Å². The molecule has 0 aliphatic carbocycles. The summed E-state index contributed by atoms with van der Waals surface area (Å²) in [5.74, 6) is 0. The first-order chi connectivity index (χ1) is 6.20. The Bertz CT molecular complexity index is 463. The van der Waals surface area contributed by atoms with Crippen molar-refractivity contribution in [1.29, 1.82) is 0 Å². The third kappa shape index (κ3) is 1.29. The van der Waals surface area contributed by atoms with E-state index in [9.17, 15) is 0 Å². The number of allylic oxidation sites excluding steroid dienone is 1. The van der Waals surface area contributed by atoms with Crippen molar-refractivity contribution < 1.29 is 0 Å². The Kier molecular flexibility index (Phi) is 1.97. The van der Waals surface area contributed by atoms with Crippen LogP contribution in [-0.2, 0) is 0 Å². The average molecular weight is 188 g/mol. The first kappa shape index (κ1) is 8.52. The molecular formula is C12H12S. The maximum atomic E-state index is 3.99. The Balaban J connectivity index is 2.81. The molecule has 1 heterocycles. The number of rotatable bonds is 1. The summed E-state index contributed by atoms with van der Waals surface area (Å²) in [6.07, 6.45) is 0. The number of hydrogen-bond acceptors (Lipinski definition) is 1. The highest BCUT2D eigenvalue weighted by Crippen LogP contribution is 2.33. The third-order valence-corrected chi connectivity index (χ3v) is 3.67. The van der Waals surface area contributed by atoms with Crippen LogP contribution in [0, 0.1) is 6.92 Å². The molecule has 0 atom stereocenters. The zero-order chi connectivity index (χ0) is 9.42. The van der Waals surface area contributed by atoms with Crippen molar-refractivity contribution in [2.75, 3.05) is 0 Å². The highest BCUT2D eigenvalue weighted by molar-refractivity contribution is 7.20. The van der Waals surface area contributed by atoms with E-state index in [0.717, 1.165) is 0 Å². The number of hydrogen-bond donors (Lipinski definition) is 0. The van der Waals surface area contributed by atoms with E-state index < -0.39 is 0 Å². The van der Waals surface area contributed by atoms with Gasteiger partial charge >= 0.3 is 0 Å². The quantitative estimate of drug-likeness (QED) is 0.628. The highest BCUT2D eigenvalue weighted by Gasteiger charge is 2.06. The Hall–Kier alpha value is -1.08. The van der Waals surface area contributed by atoms with Gasteiger partial charge in [-0.1, -0.05) is 24.8 Å². The van der Waals surface area contributed by atoms with Crippen LogP contribution in [0.15, 0.2) is 30.8 Å². The maximum Gasteiger partial charge on any atom is 0.0352 e. The molecule has 0 saturated heterocycles.